The van der Waals surface area contributed by atoms with Crippen molar-refractivity contribution in [1.29, 1.82) is 0 Å². The van der Waals surface area contributed by atoms with Crippen LogP contribution >= 0.6 is 15.9 Å². The molecule has 76 heavy (non-hydrogen) atoms. The van der Waals surface area contributed by atoms with Gasteiger partial charge in [0.15, 0.2) is 0 Å². The highest BCUT2D eigenvalue weighted by Gasteiger charge is 2.48. The first-order valence-electron chi connectivity index (χ1n) is 26.1. The number of aliphatic hydroxyl groups excluding tert-OH is 2. The third kappa shape index (κ3) is 11.5. The van der Waals surface area contributed by atoms with E-state index in [2.05, 4.69) is 66.8 Å². The maximum atomic E-state index is 14.4. The fourth-order valence-electron chi connectivity index (χ4n) is 13.2. The predicted octanol–water partition coefficient (Wildman–Crippen LogP) is 13.8. The second kappa shape index (κ2) is 22.2. The van der Waals surface area contributed by atoms with Gasteiger partial charge in [-0.2, -0.15) is 26.3 Å². The van der Waals surface area contributed by atoms with Crippen LogP contribution in [0.25, 0.3) is 0 Å². The van der Waals surface area contributed by atoms with Crippen LogP contribution < -0.4 is 26.6 Å². The molecule has 6 aromatic rings. The molecule has 3 aliphatic carbocycles. The monoisotopic (exact) mass is 1110 g/mol. The summed E-state index contributed by atoms with van der Waals surface area (Å²) >= 11 is 3.38. The zero-order chi connectivity index (χ0) is 53.5. The molecule has 3 saturated carbocycles. The van der Waals surface area contributed by atoms with E-state index in [0.717, 1.165) is 75.1 Å². The maximum Gasteiger partial charge on any atom is 0.416 e. The number of halogens is 8. The Morgan fingerprint density at radius 1 is 0.553 bits per heavy atom. The van der Waals surface area contributed by atoms with E-state index in [-0.39, 0.29) is 71.6 Å². The fourth-order valence-corrected chi connectivity index (χ4v) is 13.6. The summed E-state index contributed by atoms with van der Waals surface area (Å²) in [5.41, 5.74) is 6.73. The fraction of sp³-hybridized carbons (Fsp3) is 0.383. The average Bonchev–Trinajstić information content (AvgIpc) is 4.24. The van der Waals surface area contributed by atoms with E-state index in [9.17, 15) is 45.7 Å². The van der Waals surface area contributed by atoms with E-state index in [1.165, 1.54) is 31.2 Å². The number of carbonyl (C=O) groups is 1. The van der Waals surface area contributed by atoms with Crippen LogP contribution in [0.3, 0.4) is 0 Å². The van der Waals surface area contributed by atoms with E-state index >= 15 is 0 Å². The molecule has 0 bridgehead atoms. The van der Waals surface area contributed by atoms with Gasteiger partial charge >= 0.3 is 12.4 Å². The Morgan fingerprint density at radius 2 is 0.987 bits per heavy atom. The Hall–Kier alpha value is -5.94. The number of carbonyl (C=O) groups excluding carboxylic acids is 1. The van der Waals surface area contributed by atoms with Gasteiger partial charge in [0.25, 0.3) is 0 Å². The Labute approximate surface area is 446 Å². The molecule has 12 rings (SSSR count). The van der Waals surface area contributed by atoms with Crippen molar-refractivity contribution in [3.63, 3.8) is 0 Å². The lowest BCUT2D eigenvalue weighted by molar-refractivity contribution is -0.138. The topological polar surface area (TPSA) is 118 Å². The molecule has 3 fully saturated rings. The van der Waals surface area contributed by atoms with Crippen LogP contribution in [0.15, 0.2) is 144 Å². The highest BCUT2D eigenvalue weighted by Crippen LogP contribution is 2.56. The summed E-state index contributed by atoms with van der Waals surface area (Å²) in [4.78, 5) is 11.1. The average molecular weight is 1110 g/mol. The number of alkyl halides is 6. The molecule has 1 amide bonds. The number of hydrogen-bond donors (Lipinski definition) is 7. The normalized spacial score (nSPS) is 27.6. The largest absolute Gasteiger partial charge is 0.416 e. The van der Waals surface area contributed by atoms with Crippen LogP contribution in [0.2, 0.25) is 0 Å². The molecule has 0 aromatic heterocycles. The van der Waals surface area contributed by atoms with E-state index < -0.39 is 29.6 Å². The number of nitrogens with one attached hydrogen (secondary N) is 5. The zero-order valence-corrected chi connectivity index (χ0v) is 43.3. The molecule has 3 aliphatic heterocycles. The Bertz CT molecular complexity index is 2990. The van der Waals surface area contributed by atoms with Crippen LogP contribution in [-0.4, -0.2) is 47.5 Å². The number of amides is 1. The van der Waals surface area contributed by atoms with Gasteiger partial charge in [-0.1, -0.05) is 107 Å². The van der Waals surface area contributed by atoms with Gasteiger partial charge < -0.3 is 36.8 Å². The van der Waals surface area contributed by atoms with Crippen LogP contribution in [0.1, 0.15) is 126 Å². The molecule has 0 saturated heterocycles. The third-order valence-electron chi connectivity index (χ3n) is 16.4. The van der Waals surface area contributed by atoms with Gasteiger partial charge in [0, 0.05) is 41.9 Å². The third-order valence-corrected chi connectivity index (χ3v) is 16.9. The van der Waals surface area contributed by atoms with Crippen LogP contribution in [0, 0.1) is 23.6 Å². The molecule has 3 heterocycles. The van der Waals surface area contributed by atoms with E-state index in [4.69, 9.17) is 0 Å². The molecule has 0 radical (unpaired) electrons. The van der Waals surface area contributed by atoms with Gasteiger partial charge in [0.05, 0.1) is 47.1 Å². The van der Waals surface area contributed by atoms with Gasteiger partial charge in [0.1, 0.15) is 5.82 Å². The number of aliphatic hydroxyl groups is 2. The van der Waals surface area contributed by atoms with E-state index in [1.807, 2.05) is 72.8 Å². The quantitative estimate of drug-likeness (QED) is 0.0629. The molecule has 7 N–H and O–H groups in total. The summed E-state index contributed by atoms with van der Waals surface area (Å²) in [6.07, 6.45) is -5.24. The summed E-state index contributed by atoms with van der Waals surface area (Å²) in [6, 6.07) is 41.9. The summed E-state index contributed by atoms with van der Waals surface area (Å²) in [5.74, 6) is 0.474. The smallest absolute Gasteiger partial charge is 0.393 e. The van der Waals surface area contributed by atoms with Crippen LogP contribution in [-0.2, 0) is 17.1 Å². The molecular formula is C60H61BrF7N5O3. The first kappa shape index (κ1) is 53.5. The lowest BCUT2D eigenvalue weighted by Crippen LogP contribution is -2.35. The standard InChI is InChI=1S/C23H26F3N3O.C19H18F3NO.C18H17BrFNO/c1-14(30)27-9-10-28-17-12-18-19-11-16(23(24,25)26)7-8-21(19)29-22(20(18)13-17)15-5-3-2-4-6-15;20-19(21,22)12-6-7-17-15(8-12)14-9-13(24)10-16(14)18(23-17)11-4-2-1-3-5-11;19-11-6-14-13-8-12(22)9-15(13)17(10-4-2-1-3-5-10)21-18(14)16(20)7-11/h2-8,11,17-18,20,22,28-29H,9-10,12-13H2,1H3,(H,27,30);1-8,13-14,16,18,23-24H,9-10H2;1-7,12-13,15,17,21-22H,8-9H2/t17-,18+,20+,22-;13-,14+,16+,18-;12-,13-,15-,17+/m001/s1. The van der Waals surface area contributed by atoms with Crippen molar-refractivity contribution in [3.8, 4) is 0 Å². The van der Waals surface area contributed by atoms with Crippen molar-refractivity contribution in [3.05, 3.63) is 194 Å². The van der Waals surface area contributed by atoms with Crippen LogP contribution in [0.5, 0.6) is 0 Å². The number of fused-ring (bicyclic) bond motifs is 9. The van der Waals surface area contributed by atoms with Gasteiger partial charge in [0.2, 0.25) is 5.91 Å². The molecular weight excluding hydrogens is 1050 g/mol. The maximum absolute atomic E-state index is 14.4. The second-order valence-electron chi connectivity index (χ2n) is 21.2. The zero-order valence-electron chi connectivity index (χ0n) is 41.7. The molecule has 12 atom stereocenters. The minimum Gasteiger partial charge on any atom is -0.393 e. The van der Waals surface area contributed by atoms with Gasteiger partial charge in [-0.25, -0.2) is 4.39 Å². The lowest BCUT2D eigenvalue weighted by atomic mass is 9.77. The Kier molecular flexibility index (Phi) is 15.6. The predicted molar refractivity (Wildman–Crippen MR) is 284 cm³/mol. The van der Waals surface area contributed by atoms with Crippen molar-refractivity contribution in [2.24, 2.45) is 17.8 Å². The lowest BCUT2D eigenvalue weighted by Gasteiger charge is -2.38. The highest BCUT2D eigenvalue weighted by atomic mass is 79.9. The van der Waals surface area contributed by atoms with Gasteiger partial charge in [-0.15, -0.1) is 0 Å². The molecule has 16 heteroatoms. The second-order valence-corrected chi connectivity index (χ2v) is 22.1. The molecule has 400 valence electrons. The van der Waals surface area contributed by atoms with Crippen molar-refractivity contribution in [2.45, 2.75) is 112 Å². The summed E-state index contributed by atoms with van der Waals surface area (Å²) in [5, 5.41) is 36.8. The molecule has 0 unspecified atom stereocenters. The first-order chi connectivity index (χ1) is 36.4. The summed E-state index contributed by atoms with van der Waals surface area (Å²) < 4.78 is 94.3. The molecule has 6 aromatic carbocycles. The Balaban J connectivity index is 0.000000131. The SMILES string of the molecule is CC(=O)NCCN[C@@H]1C[C@@H]2[C@H](C1)c1cc(C(F)(F)F)ccc1N[C@H]2c1ccccc1.O[C@@H]1C[C@@H]2[C@H](C1)c1cc(C(F)(F)F)ccc1N[C@H]2c1ccccc1.O[C@H]1C[C@@H]2[C@H](C1)c1cc(Br)cc(F)c1N[C@H]2c1ccccc1. The van der Waals surface area contributed by atoms with Crippen LogP contribution in [0.4, 0.5) is 47.8 Å². The van der Waals surface area contributed by atoms with Crippen molar-refractivity contribution in [2.75, 3.05) is 29.0 Å². The van der Waals surface area contributed by atoms with E-state index in [1.54, 1.807) is 6.07 Å². The van der Waals surface area contributed by atoms with Crippen molar-refractivity contribution in [1.82, 2.24) is 10.6 Å². The summed E-state index contributed by atoms with van der Waals surface area (Å²) in [7, 11) is 0. The summed E-state index contributed by atoms with van der Waals surface area (Å²) in [6.45, 7) is 2.66. The van der Waals surface area contributed by atoms with E-state index in [0.29, 0.717) is 49.5 Å². The Morgan fingerprint density at radius 3 is 1.45 bits per heavy atom. The molecule has 8 nitrogen and oxygen atoms in total. The first-order valence-corrected chi connectivity index (χ1v) is 26.9. The van der Waals surface area contributed by atoms with Crippen molar-refractivity contribution >= 4 is 38.9 Å². The molecule has 6 aliphatic rings. The number of benzene rings is 6. The van der Waals surface area contributed by atoms with Gasteiger partial charge in [-0.05, 0) is 156 Å². The van der Waals surface area contributed by atoms with Crippen molar-refractivity contribution < 1.29 is 45.7 Å². The number of anilines is 3. The minimum atomic E-state index is -4.35. The molecule has 0 spiro atoms. The number of hydrogen-bond acceptors (Lipinski definition) is 7. The minimum absolute atomic E-state index is 0.0117. The highest BCUT2D eigenvalue weighted by molar-refractivity contribution is 9.10. The number of rotatable bonds is 7. The van der Waals surface area contributed by atoms with Gasteiger partial charge in [-0.3, -0.25) is 4.79 Å².